The number of aromatic nitrogens is 6. The van der Waals surface area contributed by atoms with Crippen LogP contribution in [0.2, 0.25) is 0 Å². The number of benzene rings is 2. The van der Waals surface area contributed by atoms with E-state index in [1.807, 2.05) is 61.5 Å². The Labute approximate surface area is 178 Å². The maximum Gasteiger partial charge on any atom is 0.367 e. The molecule has 0 saturated carbocycles. The average molecular weight is 463 g/mol. The second-order valence-corrected chi connectivity index (χ2v) is 7.73. The molecule has 0 unspecified atom stereocenters. The zero-order valence-electron chi connectivity index (χ0n) is 15.9. The highest BCUT2D eigenvalue weighted by Crippen LogP contribution is 2.20. The van der Waals surface area contributed by atoms with E-state index in [0.717, 1.165) is 21.2 Å². The highest BCUT2D eigenvalue weighted by molar-refractivity contribution is 9.10. The first kappa shape index (κ1) is 18.4. The van der Waals surface area contributed by atoms with Gasteiger partial charge < -0.3 is 4.52 Å². The van der Waals surface area contributed by atoms with E-state index in [4.69, 9.17) is 4.52 Å². The summed E-state index contributed by atoms with van der Waals surface area (Å²) in [5.74, 6) is 0.733. The summed E-state index contributed by atoms with van der Waals surface area (Å²) in [6, 6.07) is 19.1. The standard InChI is InChI=1S/C21H15BrN6O2/c1-13-5-7-14(8-6-13)17-9-10-18-25-27(21(29)28(18)24-17)12-19-23-20(26-30-19)15-3-2-4-16(22)11-15/h2-11H,12H2,1H3. The van der Waals surface area contributed by atoms with Crippen LogP contribution in [0, 0.1) is 6.92 Å². The van der Waals surface area contributed by atoms with Gasteiger partial charge in [0, 0.05) is 15.6 Å². The van der Waals surface area contributed by atoms with Crippen LogP contribution in [-0.4, -0.2) is 29.5 Å². The third-order valence-electron chi connectivity index (χ3n) is 4.62. The molecule has 5 rings (SSSR count). The molecule has 0 aliphatic carbocycles. The van der Waals surface area contributed by atoms with Crippen LogP contribution in [0.5, 0.6) is 0 Å². The van der Waals surface area contributed by atoms with Crippen molar-refractivity contribution in [1.29, 1.82) is 0 Å². The average Bonchev–Trinajstić information content (AvgIpc) is 3.34. The summed E-state index contributed by atoms with van der Waals surface area (Å²) in [4.78, 5) is 17.2. The molecule has 0 aliphatic rings. The molecule has 3 heterocycles. The lowest BCUT2D eigenvalue weighted by atomic mass is 10.1. The highest BCUT2D eigenvalue weighted by atomic mass is 79.9. The number of aryl methyl sites for hydroxylation is 1. The largest absolute Gasteiger partial charge is 0.367 e. The zero-order valence-corrected chi connectivity index (χ0v) is 17.4. The van der Waals surface area contributed by atoms with Crippen LogP contribution in [0.25, 0.3) is 28.3 Å². The fraction of sp³-hybridized carbons (Fsp3) is 0.0952. The number of fused-ring (bicyclic) bond motifs is 1. The van der Waals surface area contributed by atoms with Crippen LogP contribution in [0.1, 0.15) is 11.5 Å². The lowest BCUT2D eigenvalue weighted by Crippen LogP contribution is -2.23. The molecule has 0 N–H and O–H groups in total. The summed E-state index contributed by atoms with van der Waals surface area (Å²) in [5, 5.41) is 12.8. The first-order valence-electron chi connectivity index (χ1n) is 9.19. The monoisotopic (exact) mass is 462 g/mol. The number of rotatable bonds is 4. The van der Waals surface area contributed by atoms with Crippen LogP contribution < -0.4 is 5.69 Å². The highest BCUT2D eigenvalue weighted by Gasteiger charge is 2.14. The SMILES string of the molecule is Cc1ccc(-c2ccc3nn(Cc4nc(-c5cccc(Br)c5)no4)c(=O)n3n2)cc1. The smallest absolute Gasteiger partial charge is 0.337 e. The van der Waals surface area contributed by atoms with E-state index in [9.17, 15) is 4.79 Å². The first-order valence-corrected chi connectivity index (χ1v) is 9.98. The van der Waals surface area contributed by atoms with Gasteiger partial charge in [-0.2, -0.15) is 14.6 Å². The Balaban J connectivity index is 1.46. The van der Waals surface area contributed by atoms with Crippen molar-refractivity contribution >= 4 is 21.6 Å². The Hall–Kier alpha value is -3.59. The van der Waals surface area contributed by atoms with Crippen molar-refractivity contribution in [3.8, 4) is 22.6 Å². The lowest BCUT2D eigenvalue weighted by molar-refractivity contribution is 0.364. The topological polar surface area (TPSA) is 91.1 Å². The van der Waals surface area contributed by atoms with E-state index in [0.29, 0.717) is 17.2 Å². The molecule has 0 amide bonds. The number of hydrogen-bond donors (Lipinski definition) is 0. The maximum atomic E-state index is 12.8. The third kappa shape index (κ3) is 3.43. The van der Waals surface area contributed by atoms with Gasteiger partial charge in [-0.15, -0.1) is 5.10 Å². The third-order valence-corrected chi connectivity index (χ3v) is 5.12. The normalized spacial score (nSPS) is 11.3. The van der Waals surface area contributed by atoms with E-state index in [-0.39, 0.29) is 18.1 Å². The van der Waals surface area contributed by atoms with Gasteiger partial charge in [0.1, 0.15) is 6.54 Å². The Kier molecular flexibility index (Phi) is 4.51. The molecule has 9 heteroatoms. The minimum absolute atomic E-state index is 0.0586. The Morgan fingerprint density at radius 2 is 1.83 bits per heavy atom. The fourth-order valence-electron chi connectivity index (χ4n) is 3.08. The van der Waals surface area contributed by atoms with E-state index in [1.165, 1.54) is 9.20 Å². The molecule has 30 heavy (non-hydrogen) atoms. The van der Waals surface area contributed by atoms with Crippen LogP contribution in [0.4, 0.5) is 0 Å². The second kappa shape index (κ2) is 7.34. The minimum Gasteiger partial charge on any atom is -0.337 e. The van der Waals surface area contributed by atoms with E-state index >= 15 is 0 Å². The molecule has 0 atom stereocenters. The van der Waals surface area contributed by atoms with Crippen LogP contribution in [-0.2, 0) is 6.54 Å². The lowest BCUT2D eigenvalue weighted by Gasteiger charge is -2.01. The number of nitrogens with zero attached hydrogens (tertiary/aromatic N) is 6. The maximum absolute atomic E-state index is 12.8. The van der Waals surface area contributed by atoms with Gasteiger partial charge in [-0.1, -0.05) is 63.0 Å². The van der Waals surface area contributed by atoms with Gasteiger partial charge in [-0.3, -0.25) is 0 Å². The molecule has 0 saturated heterocycles. The molecule has 0 bridgehead atoms. The molecule has 0 radical (unpaired) electrons. The summed E-state index contributed by atoms with van der Waals surface area (Å²) in [6.45, 7) is 2.08. The van der Waals surface area contributed by atoms with Crippen molar-refractivity contribution in [2.45, 2.75) is 13.5 Å². The Morgan fingerprint density at radius 3 is 2.63 bits per heavy atom. The van der Waals surface area contributed by atoms with E-state index < -0.39 is 0 Å². The van der Waals surface area contributed by atoms with Crippen molar-refractivity contribution in [2.75, 3.05) is 0 Å². The Bertz CT molecular complexity index is 1420. The summed E-state index contributed by atoms with van der Waals surface area (Å²) in [6.07, 6.45) is 0. The van der Waals surface area contributed by atoms with Crippen LogP contribution in [0.15, 0.2) is 74.5 Å². The molecule has 8 nitrogen and oxygen atoms in total. The summed E-state index contributed by atoms with van der Waals surface area (Å²) in [7, 11) is 0. The Morgan fingerprint density at radius 1 is 1.00 bits per heavy atom. The predicted molar refractivity (Wildman–Crippen MR) is 114 cm³/mol. The molecule has 3 aromatic heterocycles. The molecule has 5 aromatic rings. The predicted octanol–water partition coefficient (Wildman–Crippen LogP) is 3.73. The van der Waals surface area contributed by atoms with Gasteiger partial charge in [0.05, 0.1) is 5.69 Å². The number of hydrogen-bond acceptors (Lipinski definition) is 6. The van der Waals surface area contributed by atoms with Gasteiger partial charge in [0.2, 0.25) is 11.7 Å². The van der Waals surface area contributed by atoms with Gasteiger partial charge >= 0.3 is 5.69 Å². The molecular formula is C21H15BrN6O2. The van der Waals surface area contributed by atoms with Crippen molar-refractivity contribution in [3.05, 3.63) is 87.1 Å². The molecular weight excluding hydrogens is 448 g/mol. The van der Waals surface area contributed by atoms with Gasteiger partial charge in [-0.05, 0) is 31.2 Å². The summed E-state index contributed by atoms with van der Waals surface area (Å²) >= 11 is 3.42. The van der Waals surface area contributed by atoms with Crippen molar-refractivity contribution in [3.63, 3.8) is 0 Å². The fourth-order valence-corrected chi connectivity index (χ4v) is 3.48. The van der Waals surface area contributed by atoms with Gasteiger partial charge in [-0.25, -0.2) is 9.48 Å². The van der Waals surface area contributed by atoms with Crippen molar-refractivity contribution in [1.82, 2.24) is 29.5 Å². The van der Waals surface area contributed by atoms with Gasteiger partial charge in [0.25, 0.3) is 0 Å². The molecule has 148 valence electrons. The quantitative estimate of drug-likeness (QED) is 0.404. The van der Waals surface area contributed by atoms with Crippen molar-refractivity contribution in [2.24, 2.45) is 0 Å². The molecule has 2 aromatic carbocycles. The minimum atomic E-state index is -0.374. The van der Waals surface area contributed by atoms with E-state index in [1.54, 1.807) is 6.07 Å². The zero-order chi connectivity index (χ0) is 20.7. The van der Waals surface area contributed by atoms with Crippen LogP contribution in [0.3, 0.4) is 0 Å². The summed E-state index contributed by atoms with van der Waals surface area (Å²) < 4.78 is 8.77. The van der Waals surface area contributed by atoms with E-state index in [2.05, 4.69) is 36.3 Å². The molecule has 0 aliphatic heterocycles. The van der Waals surface area contributed by atoms with Gasteiger partial charge in [0.15, 0.2) is 5.65 Å². The second-order valence-electron chi connectivity index (χ2n) is 6.82. The summed E-state index contributed by atoms with van der Waals surface area (Å²) in [5.41, 5.74) is 3.66. The number of halogens is 1. The van der Waals surface area contributed by atoms with Crippen molar-refractivity contribution < 1.29 is 4.52 Å². The first-order chi connectivity index (χ1) is 14.6. The van der Waals surface area contributed by atoms with Crippen LogP contribution >= 0.6 is 15.9 Å². The molecule has 0 fully saturated rings. The molecule has 0 spiro atoms.